The van der Waals surface area contributed by atoms with E-state index in [0.717, 1.165) is 18.4 Å². The maximum atomic E-state index is 11.6. The Bertz CT molecular complexity index is 484. The molecule has 1 aromatic rings. The summed E-state index contributed by atoms with van der Waals surface area (Å²) in [5.41, 5.74) is 6.67. The van der Waals surface area contributed by atoms with Crippen molar-refractivity contribution < 1.29 is 9.53 Å². The number of benzene rings is 1. The number of carbonyl (C=O) groups excluding carboxylic acids is 1. The van der Waals surface area contributed by atoms with Crippen LogP contribution in [0.2, 0.25) is 0 Å². The average Bonchev–Trinajstić information content (AvgIpc) is 2.44. The highest BCUT2D eigenvalue weighted by atomic mass is 127. The van der Waals surface area contributed by atoms with Gasteiger partial charge in [0.1, 0.15) is 6.61 Å². The standard InChI is InChI=1S/C17H27N3O2.HI/c1-17(2,3)20-16(18)19-12-8-7-11-15(21)22-13-14-9-5-4-6-10-14;/h4-6,9-10H,7-8,11-13H2,1-3H3,(H3,18,19,20);1H. The molecule has 0 unspecified atom stereocenters. The minimum Gasteiger partial charge on any atom is -0.461 e. The number of rotatable bonds is 7. The smallest absolute Gasteiger partial charge is 0.306 e. The molecule has 0 atom stereocenters. The first-order chi connectivity index (χ1) is 10.4. The Balaban J connectivity index is 0.00000484. The Hall–Kier alpha value is -1.31. The van der Waals surface area contributed by atoms with Crippen LogP contribution in [-0.4, -0.2) is 24.0 Å². The second-order valence-corrected chi connectivity index (χ2v) is 6.25. The number of nitrogens with two attached hydrogens (primary N) is 1. The third-order valence-electron chi connectivity index (χ3n) is 2.82. The van der Waals surface area contributed by atoms with E-state index in [9.17, 15) is 4.79 Å². The molecule has 0 radical (unpaired) electrons. The molecule has 0 spiro atoms. The summed E-state index contributed by atoms with van der Waals surface area (Å²) in [5, 5.41) is 3.09. The molecule has 1 aromatic carbocycles. The van der Waals surface area contributed by atoms with Crippen LogP contribution in [0.3, 0.4) is 0 Å². The summed E-state index contributed by atoms with van der Waals surface area (Å²) < 4.78 is 5.21. The average molecular weight is 433 g/mol. The predicted octanol–water partition coefficient (Wildman–Crippen LogP) is 3.22. The molecule has 0 amide bonds. The predicted molar refractivity (Wildman–Crippen MR) is 105 cm³/mol. The van der Waals surface area contributed by atoms with Gasteiger partial charge in [0.05, 0.1) is 0 Å². The summed E-state index contributed by atoms with van der Waals surface area (Å²) in [6.07, 6.45) is 1.97. The van der Waals surface area contributed by atoms with Crippen LogP contribution in [0.15, 0.2) is 35.3 Å². The monoisotopic (exact) mass is 433 g/mol. The first-order valence-electron chi connectivity index (χ1n) is 7.64. The highest BCUT2D eigenvalue weighted by Crippen LogP contribution is 2.04. The first-order valence-corrected chi connectivity index (χ1v) is 7.64. The normalized spacial score (nSPS) is 11.5. The zero-order chi connectivity index (χ0) is 16.4. The topological polar surface area (TPSA) is 76.7 Å². The number of hydrogen-bond acceptors (Lipinski definition) is 3. The van der Waals surface area contributed by atoms with E-state index < -0.39 is 0 Å². The van der Waals surface area contributed by atoms with Crippen molar-refractivity contribution in [2.24, 2.45) is 10.7 Å². The summed E-state index contributed by atoms with van der Waals surface area (Å²) in [5.74, 6) is 0.271. The molecule has 0 saturated carbocycles. The van der Waals surface area contributed by atoms with E-state index in [1.54, 1.807) is 0 Å². The molecule has 0 heterocycles. The Morgan fingerprint density at radius 2 is 1.87 bits per heavy atom. The maximum Gasteiger partial charge on any atom is 0.306 e. The molecule has 1 rings (SSSR count). The third-order valence-corrected chi connectivity index (χ3v) is 2.82. The molecule has 23 heavy (non-hydrogen) atoms. The molecule has 0 aliphatic carbocycles. The molecule has 0 bridgehead atoms. The van der Waals surface area contributed by atoms with Crippen molar-refractivity contribution in [3.05, 3.63) is 35.9 Å². The van der Waals surface area contributed by atoms with Gasteiger partial charge in [-0.15, -0.1) is 24.0 Å². The Kier molecular flexibility index (Phi) is 10.6. The summed E-state index contributed by atoms with van der Waals surface area (Å²) in [6, 6.07) is 9.67. The summed E-state index contributed by atoms with van der Waals surface area (Å²) in [4.78, 5) is 15.8. The lowest BCUT2D eigenvalue weighted by molar-refractivity contribution is -0.145. The number of nitrogens with one attached hydrogen (secondary N) is 1. The fourth-order valence-electron chi connectivity index (χ4n) is 1.81. The van der Waals surface area contributed by atoms with Crippen molar-refractivity contribution in [2.75, 3.05) is 6.54 Å². The van der Waals surface area contributed by atoms with E-state index >= 15 is 0 Å². The zero-order valence-electron chi connectivity index (χ0n) is 14.2. The maximum absolute atomic E-state index is 11.6. The van der Waals surface area contributed by atoms with Crippen molar-refractivity contribution >= 4 is 35.9 Å². The number of esters is 1. The number of nitrogens with zero attached hydrogens (tertiary/aromatic N) is 1. The lowest BCUT2D eigenvalue weighted by atomic mass is 10.1. The highest BCUT2D eigenvalue weighted by Gasteiger charge is 2.09. The fraction of sp³-hybridized carbons (Fsp3) is 0.529. The second-order valence-electron chi connectivity index (χ2n) is 6.25. The van der Waals surface area contributed by atoms with Gasteiger partial charge < -0.3 is 15.8 Å². The third kappa shape index (κ3) is 11.9. The molecule has 5 nitrogen and oxygen atoms in total. The molecule has 0 fully saturated rings. The van der Waals surface area contributed by atoms with Crippen LogP contribution in [0.1, 0.15) is 45.6 Å². The van der Waals surface area contributed by atoms with Gasteiger partial charge in [-0.3, -0.25) is 9.79 Å². The van der Waals surface area contributed by atoms with Crippen molar-refractivity contribution in [3.63, 3.8) is 0 Å². The van der Waals surface area contributed by atoms with Crippen LogP contribution in [0, 0.1) is 0 Å². The van der Waals surface area contributed by atoms with Crippen LogP contribution >= 0.6 is 24.0 Å². The number of hydrogen-bond donors (Lipinski definition) is 2. The number of halogens is 1. The lowest BCUT2D eigenvalue weighted by Crippen LogP contribution is -2.45. The molecule has 3 N–H and O–H groups in total. The van der Waals surface area contributed by atoms with Gasteiger partial charge in [-0.05, 0) is 39.2 Å². The number of carbonyl (C=O) groups is 1. The SMILES string of the molecule is CC(C)(C)NC(N)=NCCCCC(=O)OCc1ccccc1.I. The molecule has 6 heteroatoms. The number of guanidine groups is 1. The van der Waals surface area contributed by atoms with Crippen molar-refractivity contribution in [3.8, 4) is 0 Å². The summed E-state index contributed by atoms with van der Waals surface area (Å²) >= 11 is 0. The Morgan fingerprint density at radius 3 is 2.48 bits per heavy atom. The highest BCUT2D eigenvalue weighted by molar-refractivity contribution is 14.0. The Morgan fingerprint density at radius 1 is 1.22 bits per heavy atom. The van der Waals surface area contributed by atoms with Crippen molar-refractivity contribution in [1.82, 2.24) is 5.32 Å². The van der Waals surface area contributed by atoms with Crippen molar-refractivity contribution in [2.45, 2.75) is 52.2 Å². The largest absolute Gasteiger partial charge is 0.461 e. The van der Waals surface area contributed by atoms with E-state index in [-0.39, 0.29) is 35.5 Å². The van der Waals surface area contributed by atoms with Gasteiger partial charge in [0.25, 0.3) is 0 Å². The summed E-state index contributed by atoms with van der Waals surface area (Å²) in [7, 11) is 0. The van der Waals surface area contributed by atoms with Crippen LogP contribution in [0.5, 0.6) is 0 Å². The molecule has 0 aliphatic rings. The molecule has 0 aromatic heterocycles. The molecular weight excluding hydrogens is 405 g/mol. The van der Waals surface area contributed by atoms with E-state index in [0.29, 0.717) is 25.5 Å². The van der Waals surface area contributed by atoms with Gasteiger partial charge in [0.2, 0.25) is 0 Å². The van der Waals surface area contributed by atoms with Crippen LogP contribution < -0.4 is 11.1 Å². The van der Waals surface area contributed by atoms with Gasteiger partial charge in [-0.1, -0.05) is 30.3 Å². The van der Waals surface area contributed by atoms with Crippen molar-refractivity contribution in [1.29, 1.82) is 0 Å². The minimum absolute atomic E-state index is 0. The molecule has 130 valence electrons. The van der Waals surface area contributed by atoms with Gasteiger partial charge in [0.15, 0.2) is 5.96 Å². The first kappa shape index (κ1) is 21.7. The van der Waals surface area contributed by atoms with Crippen LogP contribution in [0.25, 0.3) is 0 Å². The van der Waals surface area contributed by atoms with Gasteiger partial charge in [-0.2, -0.15) is 0 Å². The van der Waals surface area contributed by atoms with Gasteiger partial charge >= 0.3 is 5.97 Å². The molecule has 0 saturated heterocycles. The lowest BCUT2D eigenvalue weighted by Gasteiger charge is -2.20. The summed E-state index contributed by atoms with van der Waals surface area (Å²) in [6.45, 7) is 7.02. The van der Waals surface area contributed by atoms with Crippen LogP contribution in [-0.2, 0) is 16.1 Å². The second kappa shape index (κ2) is 11.3. The number of unbranched alkanes of at least 4 members (excludes halogenated alkanes) is 1. The van der Waals surface area contributed by atoms with E-state index in [1.165, 1.54) is 0 Å². The number of aliphatic imine (C=N–C) groups is 1. The minimum atomic E-state index is -0.173. The van der Waals surface area contributed by atoms with E-state index in [2.05, 4.69) is 10.3 Å². The van der Waals surface area contributed by atoms with Gasteiger partial charge in [0, 0.05) is 18.5 Å². The quantitative estimate of drug-likeness (QED) is 0.228. The van der Waals surface area contributed by atoms with E-state index in [1.807, 2.05) is 51.1 Å². The zero-order valence-corrected chi connectivity index (χ0v) is 16.5. The molecule has 0 aliphatic heterocycles. The van der Waals surface area contributed by atoms with Gasteiger partial charge in [-0.25, -0.2) is 0 Å². The Labute approximate surface area is 156 Å². The van der Waals surface area contributed by atoms with Crippen LogP contribution in [0.4, 0.5) is 0 Å². The number of ether oxygens (including phenoxy) is 1. The van der Waals surface area contributed by atoms with E-state index in [4.69, 9.17) is 10.5 Å². The fourth-order valence-corrected chi connectivity index (χ4v) is 1.81. The molecular formula is C17H28IN3O2.